The number of hydrogen-bond donors (Lipinski definition) is 1. The van der Waals surface area contributed by atoms with Crippen LogP contribution in [0.5, 0.6) is 5.75 Å². The third-order valence-corrected chi connectivity index (χ3v) is 4.21. The molecular formula is C18H28N2O3. The number of amides is 1. The van der Waals surface area contributed by atoms with Crippen molar-refractivity contribution >= 4 is 5.91 Å². The molecule has 1 aliphatic heterocycles. The minimum atomic E-state index is -0.486. The molecule has 0 radical (unpaired) electrons. The summed E-state index contributed by atoms with van der Waals surface area (Å²) in [5.41, 5.74) is 2.39. The third kappa shape index (κ3) is 5.84. The van der Waals surface area contributed by atoms with Gasteiger partial charge in [0.2, 0.25) is 0 Å². The number of ether oxygens (including phenoxy) is 2. The fourth-order valence-electron chi connectivity index (χ4n) is 2.53. The standard InChI is InChI=1S/C18H28N2O3/c1-14-5-6-17(13-15(14)2)23-16(3)18(21)19-7-4-8-20-9-11-22-12-10-20/h5-6,13,16H,4,7-12H2,1-3H3,(H,19,21)/t16-/m0/s1. The Hall–Kier alpha value is -1.59. The predicted molar refractivity (Wildman–Crippen MR) is 90.9 cm³/mol. The van der Waals surface area contributed by atoms with Crippen LogP contribution < -0.4 is 10.1 Å². The van der Waals surface area contributed by atoms with Crippen molar-refractivity contribution in [2.75, 3.05) is 39.4 Å². The number of nitrogens with one attached hydrogen (secondary N) is 1. The summed E-state index contributed by atoms with van der Waals surface area (Å²) >= 11 is 0. The van der Waals surface area contributed by atoms with Gasteiger partial charge in [-0.25, -0.2) is 0 Å². The minimum Gasteiger partial charge on any atom is -0.481 e. The van der Waals surface area contributed by atoms with E-state index in [1.165, 1.54) is 11.1 Å². The van der Waals surface area contributed by atoms with E-state index in [0.29, 0.717) is 6.54 Å². The number of morpholine rings is 1. The van der Waals surface area contributed by atoms with Gasteiger partial charge < -0.3 is 14.8 Å². The Morgan fingerprint density at radius 2 is 2.04 bits per heavy atom. The highest BCUT2D eigenvalue weighted by atomic mass is 16.5. The highest BCUT2D eigenvalue weighted by Crippen LogP contribution is 2.17. The van der Waals surface area contributed by atoms with Crippen LogP contribution in [0.4, 0.5) is 0 Å². The predicted octanol–water partition coefficient (Wildman–Crippen LogP) is 1.91. The topological polar surface area (TPSA) is 50.8 Å². The Morgan fingerprint density at radius 1 is 1.30 bits per heavy atom. The molecule has 0 bridgehead atoms. The van der Waals surface area contributed by atoms with E-state index in [-0.39, 0.29) is 5.91 Å². The molecule has 1 saturated heterocycles. The maximum absolute atomic E-state index is 12.1. The van der Waals surface area contributed by atoms with Crippen LogP contribution in [-0.2, 0) is 9.53 Å². The molecule has 1 aromatic carbocycles. The molecule has 1 aliphatic rings. The summed E-state index contributed by atoms with van der Waals surface area (Å²) in [6.45, 7) is 11.2. The molecule has 128 valence electrons. The molecule has 5 heteroatoms. The van der Waals surface area contributed by atoms with Crippen LogP contribution in [0.3, 0.4) is 0 Å². The molecule has 0 aromatic heterocycles. The second kappa shape index (κ2) is 8.89. The first kappa shape index (κ1) is 17.8. The largest absolute Gasteiger partial charge is 0.481 e. The molecule has 0 unspecified atom stereocenters. The number of aryl methyl sites for hydroxylation is 2. The van der Waals surface area contributed by atoms with E-state index in [2.05, 4.69) is 17.1 Å². The van der Waals surface area contributed by atoms with E-state index in [4.69, 9.17) is 9.47 Å². The lowest BCUT2D eigenvalue weighted by molar-refractivity contribution is -0.127. The molecule has 2 rings (SSSR count). The maximum Gasteiger partial charge on any atom is 0.260 e. The number of benzene rings is 1. The lowest BCUT2D eigenvalue weighted by Gasteiger charge is -2.26. The van der Waals surface area contributed by atoms with Crippen LogP contribution in [0.15, 0.2) is 18.2 Å². The van der Waals surface area contributed by atoms with Crippen LogP contribution in [0.2, 0.25) is 0 Å². The van der Waals surface area contributed by atoms with E-state index in [0.717, 1.165) is 45.0 Å². The van der Waals surface area contributed by atoms with Gasteiger partial charge in [-0.1, -0.05) is 6.07 Å². The van der Waals surface area contributed by atoms with Gasteiger partial charge in [0.15, 0.2) is 6.10 Å². The molecule has 23 heavy (non-hydrogen) atoms. The van der Waals surface area contributed by atoms with Crippen LogP contribution in [-0.4, -0.2) is 56.3 Å². The molecule has 1 N–H and O–H groups in total. The SMILES string of the molecule is Cc1ccc(O[C@@H](C)C(=O)NCCCN2CCOCC2)cc1C. The summed E-state index contributed by atoms with van der Waals surface area (Å²) in [6.07, 6.45) is 0.461. The third-order valence-electron chi connectivity index (χ3n) is 4.21. The first-order valence-corrected chi connectivity index (χ1v) is 8.38. The highest BCUT2D eigenvalue weighted by molar-refractivity contribution is 5.80. The number of rotatable bonds is 7. The normalized spacial score (nSPS) is 16.8. The Kier molecular flexibility index (Phi) is 6.86. The Labute approximate surface area is 139 Å². The first-order chi connectivity index (χ1) is 11.1. The van der Waals surface area contributed by atoms with Crippen molar-refractivity contribution in [3.8, 4) is 5.75 Å². The fraction of sp³-hybridized carbons (Fsp3) is 0.611. The minimum absolute atomic E-state index is 0.0646. The van der Waals surface area contributed by atoms with Crippen molar-refractivity contribution in [2.24, 2.45) is 0 Å². The van der Waals surface area contributed by atoms with Crippen molar-refractivity contribution in [1.82, 2.24) is 10.2 Å². The summed E-state index contributed by atoms with van der Waals surface area (Å²) in [7, 11) is 0. The van der Waals surface area contributed by atoms with Crippen molar-refractivity contribution in [1.29, 1.82) is 0 Å². The van der Waals surface area contributed by atoms with Crippen molar-refractivity contribution < 1.29 is 14.3 Å². The lowest BCUT2D eigenvalue weighted by atomic mass is 10.1. The van der Waals surface area contributed by atoms with E-state index in [1.807, 2.05) is 25.1 Å². The number of hydrogen-bond acceptors (Lipinski definition) is 4. The van der Waals surface area contributed by atoms with Gasteiger partial charge in [-0.2, -0.15) is 0 Å². The molecule has 0 saturated carbocycles. The number of carbonyl (C=O) groups excluding carboxylic acids is 1. The maximum atomic E-state index is 12.1. The molecule has 1 amide bonds. The summed E-state index contributed by atoms with van der Waals surface area (Å²) in [4.78, 5) is 14.4. The van der Waals surface area contributed by atoms with Crippen LogP contribution in [0.25, 0.3) is 0 Å². The van der Waals surface area contributed by atoms with Gasteiger partial charge in [0.1, 0.15) is 5.75 Å². The molecule has 0 aliphatic carbocycles. The quantitative estimate of drug-likeness (QED) is 0.780. The summed E-state index contributed by atoms with van der Waals surface area (Å²) in [5, 5.41) is 2.95. The van der Waals surface area contributed by atoms with Gasteiger partial charge in [0, 0.05) is 19.6 Å². The monoisotopic (exact) mass is 320 g/mol. The highest BCUT2D eigenvalue weighted by Gasteiger charge is 2.15. The lowest BCUT2D eigenvalue weighted by Crippen LogP contribution is -2.40. The second-order valence-electron chi connectivity index (χ2n) is 6.10. The molecule has 0 spiro atoms. The van der Waals surface area contributed by atoms with Gasteiger partial charge in [0.05, 0.1) is 13.2 Å². The Balaban J connectivity index is 1.66. The van der Waals surface area contributed by atoms with E-state index in [9.17, 15) is 4.79 Å². The van der Waals surface area contributed by atoms with Gasteiger partial charge in [-0.05, 0) is 57.0 Å². The summed E-state index contributed by atoms with van der Waals surface area (Å²) in [6, 6.07) is 5.89. The van der Waals surface area contributed by atoms with Crippen molar-refractivity contribution in [3.05, 3.63) is 29.3 Å². The Morgan fingerprint density at radius 3 is 2.74 bits per heavy atom. The van der Waals surface area contributed by atoms with Gasteiger partial charge in [-0.15, -0.1) is 0 Å². The summed E-state index contributed by atoms with van der Waals surface area (Å²) in [5.74, 6) is 0.675. The fourth-order valence-corrected chi connectivity index (χ4v) is 2.53. The molecular weight excluding hydrogens is 292 g/mol. The smallest absolute Gasteiger partial charge is 0.260 e. The van der Waals surface area contributed by atoms with Crippen molar-refractivity contribution in [3.63, 3.8) is 0 Å². The molecule has 1 heterocycles. The molecule has 1 fully saturated rings. The van der Waals surface area contributed by atoms with Crippen LogP contribution >= 0.6 is 0 Å². The average molecular weight is 320 g/mol. The molecule has 5 nitrogen and oxygen atoms in total. The van der Waals surface area contributed by atoms with E-state index >= 15 is 0 Å². The van der Waals surface area contributed by atoms with Gasteiger partial charge in [-0.3, -0.25) is 9.69 Å². The van der Waals surface area contributed by atoms with Crippen LogP contribution in [0, 0.1) is 13.8 Å². The van der Waals surface area contributed by atoms with E-state index < -0.39 is 6.10 Å². The van der Waals surface area contributed by atoms with Gasteiger partial charge in [0.25, 0.3) is 5.91 Å². The van der Waals surface area contributed by atoms with Crippen LogP contribution in [0.1, 0.15) is 24.5 Å². The second-order valence-corrected chi connectivity index (χ2v) is 6.10. The zero-order valence-corrected chi connectivity index (χ0v) is 14.4. The van der Waals surface area contributed by atoms with Crippen molar-refractivity contribution in [2.45, 2.75) is 33.3 Å². The molecule has 1 atom stereocenters. The van der Waals surface area contributed by atoms with E-state index in [1.54, 1.807) is 6.92 Å². The average Bonchev–Trinajstić information content (AvgIpc) is 2.55. The number of nitrogens with zero attached hydrogens (tertiary/aromatic N) is 1. The zero-order valence-electron chi connectivity index (χ0n) is 14.4. The van der Waals surface area contributed by atoms with Gasteiger partial charge >= 0.3 is 0 Å². The molecule has 1 aromatic rings. The zero-order chi connectivity index (χ0) is 16.7. The summed E-state index contributed by atoms with van der Waals surface area (Å²) < 4.78 is 11.0. The first-order valence-electron chi connectivity index (χ1n) is 8.38. The Bertz CT molecular complexity index is 513. The number of carbonyl (C=O) groups is 1.